The average Bonchev–Trinajstić information content (AvgIpc) is 3.46. The SMILES string of the molecule is CC(C(=O)NC1CC1)C1CCC2(C)Cc3sc(Nc4ccccc4)nc3C(C)C2C1O. The minimum atomic E-state index is -0.478. The molecular weight excluding hydrogens is 406 g/mol. The highest BCUT2D eigenvalue weighted by Crippen LogP contribution is 2.57. The van der Waals surface area contributed by atoms with Gasteiger partial charge in [-0.3, -0.25) is 4.79 Å². The second kappa shape index (κ2) is 7.89. The molecule has 2 aromatic rings. The standard InChI is InChI=1S/C25H33N3O2S/c1-14(23(30)26-17-9-10-17)18-11-12-25(3)13-19-21(15(2)20(25)22(18)29)28-24(31-19)27-16-7-5-4-6-8-16/h4-8,14-15,17-18,20,22,29H,9-13H2,1-3H3,(H,26,30)(H,27,28). The van der Waals surface area contributed by atoms with E-state index in [4.69, 9.17) is 4.98 Å². The van der Waals surface area contributed by atoms with Crippen molar-refractivity contribution in [3.8, 4) is 0 Å². The van der Waals surface area contributed by atoms with Crippen molar-refractivity contribution in [1.82, 2.24) is 10.3 Å². The molecule has 0 radical (unpaired) electrons. The number of rotatable bonds is 5. The van der Waals surface area contributed by atoms with Crippen LogP contribution in [0.4, 0.5) is 10.8 Å². The molecule has 1 heterocycles. The number of nitrogens with zero attached hydrogens (tertiary/aromatic N) is 1. The molecule has 6 atom stereocenters. The van der Waals surface area contributed by atoms with Crippen molar-refractivity contribution in [3.05, 3.63) is 40.9 Å². The number of carbonyl (C=O) groups excluding carboxylic acids is 1. The lowest BCUT2D eigenvalue weighted by molar-refractivity contribution is -0.134. The van der Waals surface area contributed by atoms with Crippen LogP contribution in [0.25, 0.3) is 0 Å². The van der Waals surface area contributed by atoms with Gasteiger partial charge in [0.05, 0.1) is 11.8 Å². The first-order valence-corrected chi connectivity index (χ1v) is 12.5. The molecule has 5 rings (SSSR count). The van der Waals surface area contributed by atoms with Gasteiger partial charge in [-0.25, -0.2) is 4.98 Å². The van der Waals surface area contributed by atoms with Gasteiger partial charge in [-0.1, -0.05) is 39.0 Å². The number of benzene rings is 1. The van der Waals surface area contributed by atoms with Crippen molar-refractivity contribution in [1.29, 1.82) is 0 Å². The fraction of sp³-hybridized carbons (Fsp3) is 0.600. The van der Waals surface area contributed by atoms with Crippen LogP contribution in [-0.4, -0.2) is 28.1 Å². The van der Waals surface area contributed by atoms with E-state index in [0.29, 0.717) is 6.04 Å². The van der Waals surface area contributed by atoms with Crippen molar-refractivity contribution in [2.24, 2.45) is 23.2 Å². The summed E-state index contributed by atoms with van der Waals surface area (Å²) >= 11 is 1.75. The molecule has 0 saturated heterocycles. The second-order valence-electron chi connectivity index (χ2n) is 10.2. The van der Waals surface area contributed by atoms with Crippen molar-refractivity contribution in [3.63, 3.8) is 0 Å². The normalized spacial score (nSPS) is 33.2. The third-order valence-electron chi connectivity index (χ3n) is 7.93. The topological polar surface area (TPSA) is 74.2 Å². The number of nitrogens with one attached hydrogen (secondary N) is 2. The summed E-state index contributed by atoms with van der Waals surface area (Å²) in [5.41, 5.74) is 2.21. The van der Waals surface area contributed by atoms with Crippen LogP contribution < -0.4 is 10.6 Å². The van der Waals surface area contributed by atoms with E-state index in [2.05, 4.69) is 24.5 Å². The van der Waals surface area contributed by atoms with Crippen molar-refractivity contribution >= 4 is 28.1 Å². The zero-order chi connectivity index (χ0) is 21.8. The van der Waals surface area contributed by atoms with Crippen LogP contribution in [0.2, 0.25) is 0 Å². The average molecular weight is 440 g/mol. The van der Waals surface area contributed by atoms with Gasteiger partial charge in [0.15, 0.2) is 5.13 Å². The molecule has 0 aliphatic heterocycles. The van der Waals surface area contributed by atoms with Crippen molar-refractivity contribution in [2.75, 3.05) is 5.32 Å². The number of aromatic nitrogens is 1. The summed E-state index contributed by atoms with van der Waals surface area (Å²) in [6.07, 6.45) is 4.62. The summed E-state index contributed by atoms with van der Waals surface area (Å²) in [7, 11) is 0. The first kappa shape index (κ1) is 21.0. The largest absolute Gasteiger partial charge is 0.392 e. The van der Waals surface area contributed by atoms with Crippen molar-refractivity contribution in [2.45, 2.75) is 70.9 Å². The molecule has 0 bridgehead atoms. The number of anilines is 2. The van der Waals surface area contributed by atoms with Crippen LogP contribution in [0.3, 0.4) is 0 Å². The molecule has 6 unspecified atom stereocenters. The van der Waals surface area contributed by atoms with Gasteiger partial charge >= 0.3 is 0 Å². The second-order valence-corrected chi connectivity index (χ2v) is 11.3. The van der Waals surface area contributed by atoms with E-state index >= 15 is 0 Å². The minimum absolute atomic E-state index is 0.0152. The molecule has 0 spiro atoms. The van der Waals surface area contributed by atoms with Crippen LogP contribution >= 0.6 is 11.3 Å². The molecule has 5 nitrogen and oxygen atoms in total. The van der Waals surface area contributed by atoms with E-state index in [-0.39, 0.29) is 35.0 Å². The quantitative estimate of drug-likeness (QED) is 0.622. The lowest BCUT2D eigenvalue weighted by Crippen LogP contribution is -2.53. The smallest absolute Gasteiger partial charge is 0.223 e. The van der Waals surface area contributed by atoms with Crippen LogP contribution in [0, 0.1) is 23.2 Å². The highest BCUT2D eigenvalue weighted by Gasteiger charge is 2.54. The summed E-state index contributed by atoms with van der Waals surface area (Å²) in [5, 5.41) is 19.0. The molecule has 6 heteroatoms. The Labute approximate surface area is 188 Å². The summed E-state index contributed by atoms with van der Waals surface area (Å²) in [6, 6.07) is 10.5. The number of amides is 1. The van der Waals surface area contributed by atoms with Crippen molar-refractivity contribution < 1.29 is 9.90 Å². The lowest BCUT2D eigenvalue weighted by Gasteiger charge is -2.53. The maximum Gasteiger partial charge on any atom is 0.223 e. The van der Waals surface area contributed by atoms with E-state index in [1.165, 1.54) is 4.88 Å². The summed E-state index contributed by atoms with van der Waals surface area (Å²) in [6.45, 7) is 6.54. The van der Waals surface area contributed by atoms with Gasteiger partial charge in [-0.2, -0.15) is 0 Å². The van der Waals surface area contributed by atoms with Crippen LogP contribution in [-0.2, 0) is 11.2 Å². The third kappa shape index (κ3) is 3.89. The molecule has 1 aromatic heterocycles. The molecule has 3 aliphatic rings. The maximum atomic E-state index is 12.7. The molecule has 2 saturated carbocycles. The highest BCUT2D eigenvalue weighted by atomic mass is 32.1. The monoisotopic (exact) mass is 439 g/mol. The third-order valence-corrected chi connectivity index (χ3v) is 8.91. The number of aliphatic hydroxyl groups excluding tert-OH is 1. The number of fused-ring (bicyclic) bond motifs is 2. The van der Waals surface area contributed by atoms with Gasteiger partial charge in [0.1, 0.15) is 0 Å². The minimum Gasteiger partial charge on any atom is -0.392 e. The number of aliphatic hydroxyl groups is 1. The Morgan fingerprint density at radius 1 is 1.26 bits per heavy atom. The fourth-order valence-corrected chi connectivity index (χ4v) is 7.28. The molecule has 31 heavy (non-hydrogen) atoms. The van der Waals surface area contributed by atoms with Gasteiger partial charge in [-0.05, 0) is 61.5 Å². The molecular formula is C25H33N3O2S. The predicted molar refractivity (Wildman–Crippen MR) is 125 cm³/mol. The first-order valence-electron chi connectivity index (χ1n) is 11.7. The Balaban J connectivity index is 1.37. The Kier molecular flexibility index (Phi) is 5.33. The van der Waals surface area contributed by atoms with Gasteiger partial charge in [0, 0.05) is 28.4 Å². The van der Waals surface area contributed by atoms with Gasteiger partial charge in [0.25, 0.3) is 0 Å². The van der Waals surface area contributed by atoms with E-state index in [9.17, 15) is 9.90 Å². The van der Waals surface area contributed by atoms with E-state index < -0.39 is 6.10 Å². The van der Waals surface area contributed by atoms with Crippen LogP contribution in [0.1, 0.15) is 62.9 Å². The van der Waals surface area contributed by atoms with Gasteiger partial charge < -0.3 is 15.7 Å². The van der Waals surface area contributed by atoms with Crippen LogP contribution in [0.15, 0.2) is 30.3 Å². The molecule has 3 aliphatic carbocycles. The summed E-state index contributed by atoms with van der Waals surface area (Å²) in [4.78, 5) is 19.0. The number of para-hydroxylation sites is 1. The van der Waals surface area contributed by atoms with Gasteiger partial charge in [0.2, 0.25) is 5.91 Å². The number of carbonyl (C=O) groups is 1. The zero-order valence-corrected chi connectivity index (χ0v) is 19.4. The van der Waals surface area contributed by atoms with Crippen LogP contribution in [0.5, 0.6) is 0 Å². The summed E-state index contributed by atoms with van der Waals surface area (Å²) < 4.78 is 0. The van der Waals surface area contributed by atoms with E-state index in [1.54, 1.807) is 11.3 Å². The summed E-state index contributed by atoms with van der Waals surface area (Å²) in [5.74, 6) is 0.276. The Hall–Kier alpha value is -1.92. The Bertz CT molecular complexity index is 957. The molecule has 1 aromatic carbocycles. The molecule has 1 amide bonds. The number of hydrogen-bond donors (Lipinski definition) is 3. The number of thiazole rings is 1. The maximum absolute atomic E-state index is 12.7. The van der Waals surface area contributed by atoms with E-state index in [1.807, 2.05) is 37.3 Å². The lowest BCUT2D eigenvalue weighted by atomic mass is 9.53. The fourth-order valence-electron chi connectivity index (χ4n) is 6.00. The molecule has 3 N–H and O–H groups in total. The zero-order valence-electron chi connectivity index (χ0n) is 18.6. The molecule has 166 valence electrons. The van der Waals surface area contributed by atoms with E-state index in [0.717, 1.165) is 48.6 Å². The number of hydrogen-bond acceptors (Lipinski definition) is 5. The Morgan fingerprint density at radius 3 is 2.71 bits per heavy atom. The van der Waals surface area contributed by atoms with Gasteiger partial charge in [-0.15, -0.1) is 11.3 Å². The Morgan fingerprint density at radius 2 is 2.00 bits per heavy atom. The molecule has 2 fully saturated rings. The predicted octanol–water partition coefficient (Wildman–Crippen LogP) is 4.85. The first-order chi connectivity index (χ1) is 14.9. The highest BCUT2D eigenvalue weighted by molar-refractivity contribution is 7.15.